The molecule has 0 radical (unpaired) electrons. The molecule has 1 saturated heterocycles. The number of nitrogens with zero attached hydrogens (tertiary/aromatic N) is 2. The number of aromatic nitrogens is 1. The van der Waals surface area contributed by atoms with Gasteiger partial charge < -0.3 is 10.0 Å². The summed E-state index contributed by atoms with van der Waals surface area (Å²) < 4.78 is 0. The van der Waals surface area contributed by atoms with E-state index in [4.69, 9.17) is 0 Å². The van der Waals surface area contributed by atoms with Gasteiger partial charge >= 0.3 is 0 Å². The number of aliphatic hydroxyl groups is 1. The first-order valence-corrected chi connectivity index (χ1v) is 7.91. The van der Waals surface area contributed by atoms with E-state index in [2.05, 4.69) is 18.8 Å². The highest BCUT2D eigenvalue weighted by molar-refractivity contribution is 5.78. The fourth-order valence-electron chi connectivity index (χ4n) is 3.00. The highest BCUT2D eigenvalue weighted by atomic mass is 16.3. The molecule has 0 aliphatic carbocycles. The van der Waals surface area contributed by atoms with Gasteiger partial charge in [-0.3, -0.25) is 9.78 Å². The topological polar surface area (TPSA) is 53.4 Å². The molecule has 116 valence electrons. The molecule has 1 atom stereocenters. The number of hydrogen-bond acceptors (Lipinski definition) is 3. The van der Waals surface area contributed by atoms with E-state index in [1.165, 1.54) is 0 Å². The van der Waals surface area contributed by atoms with Crippen LogP contribution in [0.25, 0.3) is 0 Å². The summed E-state index contributed by atoms with van der Waals surface area (Å²) in [6.45, 7) is 5.80. The molecule has 1 amide bonds. The molecular formula is C17H26N2O2. The monoisotopic (exact) mass is 290 g/mol. The summed E-state index contributed by atoms with van der Waals surface area (Å²) in [4.78, 5) is 18.2. The smallest absolute Gasteiger partial charge is 0.227 e. The van der Waals surface area contributed by atoms with Crippen LogP contribution in [0.4, 0.5) is 0 Å². The first kappa shape index (κ1) is 16.0. The van der Waals surface area contributed by atoms with E-state index >= 15 is 0 Å². The van der Waals surface area contributed by atoms with Crippen LogP contribution in [-0.4, -0.2) is 40.1 Å². The van der Waals surface area contributed by atoms with E-state index in [1.54, 1.807) is 12.4 Å². The minimum absolute atomic E-state index is 0.166. The average molecular weight is 290 g/mol. The number of likely N-dealkylation sites (tertiary alicyclic amines) is 1. The van der Waals surface area contributed by atoms with Gasteiger partial charge in [-0.05, 0) is 42.7 Å². The largest absolute Gasteiger partial charge is 0.393 e. The van der Waals surface area contributed by atoms with E-state index < -0.39 is 0 Å². The van der Waals surface area contributed by atoms with Crippen molar-refractivity contribution in [3.05, 3.63) is 30.1 Å². The number of pyridine rings is 1. The highest BCUT2D eigenvalue weighted by Crippen LogP contribution is 2.24. The Labute approximate surface area is 127 Å². The summed E-state index contributed by atoms with van der Waals surface area (Å²) >= 11 is 0. The molecule has 1 fully saturated rings. The summed E-state index contributed by atoms with van der Waals surface area (Å²) in [6, 6.07) is 3.79. The Kier molecular flexibility index (Phi) is 5.74. The fourth-order valence-corrected chi connectivity index (χ4v) is 3.00. The van der Waals surface area contributed by atoms with Crippen LogP contribution < -0.4 is 0 Å². The van der Waals surface area contributed by atoms with Crippen molar-refractivity contribution in [1.29, 1.82) is 0 Å². The molecule has 0 aromatic carbocycles. The predicted molar refractivity (Wildman–Crippen MR) is 82.7 cm³/mol. The van der Waals surface area contributed by atoms with E-state index in [-0.39, 0.29) is 12.0 Å². The van der Waals surface area contributed by atoms with Gasteiger partial charge in [0.1, 0.15) is 0 Å². The van der Waals surface area contributed by atoms with Crippen LogP contribution in [0.5, 0.6) is 0 Å². The van der Waals surface area contributed by atoms with Crippen molar-refractivity contribution in [2.75, 3.05) is 13.1 Å². The van der Waals surface area contributed by atoms with Gasteiger partial charge in [0.25, 0.3) is 0 Å². The molecule has 2 rings (SSSR count). The van der Waals surface area contributed by atoms with Gasteiger partial charge in [0.05, 0.1) is 12.5 Å². The minimum atomic E-state index is -0.222. The molecule has 2 heterocycles. The van der Waals surface area contributed by atoms with E-state index in [9.17, 15) is 9.90 Å². The lowest BCUT2D eigenvalue weighted by molar-refractivity contribution is -0.132. The molecule has 0 bridgehead atoms. The number of aliphatic hydroxyl groups excluding tert-OH is 1. The minimum Gasteiger partial charge on any atom is -0.393 e. The third-order valence-corrected chi connectivity index (χ3v) is 4.23. The molecule has 4 nitrogen and oxygen atoms in total. The number of rotatable bonds is 5. The van der Waals surface area contributed by atoms with Crippen LogP contribution in [0.2, 0.25) is 0 Å². The molecule has 1 N–H and O–H groups in total. The van der Waals surface area contributed by atoms with Crippen LogP contribution in [0.3, 0.4) is 0 Å². The zero-order valence-electron chi connectivity index (χ0n) is 13.0. The van der Waals surface area contributed by atoms with E-state index in [0.717, 1.165) is 37.9 Å². The average Bonchev–Trinajstić information content (AvgIpc) is 2.47. The number of carbonyl (C=O) groups excluding carboxylic acids is 1. The lowest BCUT2D eigenvalue weighted by Crippen LogP contribution is -2.42. The summed E-state index contributed by atoms with van der Waals surface area (Å²) in [7, 11) is 0. The van der Waals surface area contributed by atoms with E-state index in [0.29, 0.717) is 18.3 Å². The lowest BCUT2D eigenvalue weighted by atomic mass is 9.87. The van der Waals surface area contributed by atoms with Crippen molar-refractivity contribution < 1.29 is 9.90 Å². The molecule has 0 saturated carbocycles. The highest BCUT2D eigenvalue weighted by Gasteiger charge is 2.27. The summed E-state index contributed by atoms with van der Waals surface area (Å²) in [5, 5.41) is 10.2. The van der Waals surface area contributed by atoms with E-state index in [1.807, 2.05) is 17.0 Å². The molecule has 4 heteroatoms. The Morgan fingerprint density at radius 3 is 2.71 bits per heavy atom. The van der Waals surface area contributed by atoms with Gasteiger partial charge in [0.15, 0.2) is 0 Å². The maximum atomic E-state index is 12.3. The van der Waals surface area contributed by atoms with Crippen LogP contribution in [0, 0.1) is 11.8 Å². The maximum Gasteiger partial charge on any atom is 0.227 e. The van der Waals surface area contributed by atoms with Crippen LogP contribution in [-0.2, 0) is 11.2 Å². The van der Waals surface area contributed by atoms with Gasteiger partial charge in [0.2, 0.25) is 5.91 Å². The van der Waals surface area contributed by atoms with Gasteiger partial charge in [-0.15, -0.1) is 0 Å². The van der Waals surface area contributed by atoms with Crippen LogP contribution in [0.15, 0.2) is 24.5 Å². The SMILES string of the molecule is CC(C)CC(O)C1CCN(C(=O)Cc2cccnc2)CC1. The predicted octanol–water partition coefficient (Wildman–Crippen LogP) is 2.27. The number of piperidine rings is 1. The Hall–Kier alpha value is -1.42. The second kappa shape index (κ2) is 7.55. The molecule has 0 spiro atoms. The Morgan fingerprint density at radius 1 is 1.43 bits per heavy atom. The third-order valence-electron chi connectivity index (χ3n) is 4.23. The lowest BCUT2D eigenvalue weighted by Gasteiger charge is -2.34. The number of amides is 1. The molecule has 1 unspecified atom stereocenters. The standard InChI is InChI=1S/C17H26N2O2/c1-13(2)10-16(20)15-5-8-19(9-6-15)17(21)11-14-4-3-7-18-12-14/h3-4,7,12-13,15-16,20H,5-6,8-11H2,1-2H3. The quantitative estimate of drug-likeness (QED) is 0.905. The van der Waals surface area contributed by atoms with Crippen molar-refractivity contribution in [3.8, 4) is 0 Å². The molecule has 1 aliphatic heterocycles. The van der Waals surface area contributed by atoms with Crippen molar-refractivity contribution in [1.82, 2.24) is 9.88 Å². The normalized spacial score (nSPS) is 18.0. The van der Waals surface area contributed by atoms with Gasteiger partial charge in [0, 0.05) is 25.5 Å². The molecule has 1 aromatic heterocycles. The molecule has 1 aliphatic rings. The number of carbonyl (C=O) groups is 1. The zero-order chi connectivity index (χ0) is 15.2. The van der Waals surface area contributed by atoms with Crippen molar-refractivity contribution >= 4 is 5.91 Å². The Bertz CT molecular complexity index is 439. The van der Waals surface area contributed by atoms with Crippen LogP contribution >= 0.6 is 0 Å². The second-order valence-corrected chi connectivity index (χ2v) is 6.45. The summed E-state index contributed by atoms with van der Waals surface area (Å²) in [5.74, 6) is 1.03. The zero-order valence-corrected chi connectivity index (χ0v) is 13.0. The fraction of sp³-hybridized carbons (Fsp3) is 0.647. The Morgan fingerprint density at radius 2 is 2.14 bits per heavy atom. The second-order valence-electron chi connectivity index (χ2n) is 6.45. The maximum absolute atomic E-state index is 12.3. The Balaban J connectivity index is 1.79. The summed E-state index contributed by atoms with van der Waals surface area (Å²) in [6.07, 6.45) is 6.34. The summed E-state index contributed by atoms with van der Waals surface area (Å²) in [5.41, 5.74) is 0.962. The van der Waals surface area contributed by atoms with Crippen molar-refractivity contribution in [2.45, 2.75) is 45.6 Å². The van der Waals surface area contributed by atoms with Gasteiger partial charge in [-0.1, -0.05) is 19.9 Å². The molecular weight excluding hydrogens is 264 g/mol. The first-order chi connectivity index (χ1) is 10.1. The number of hydrogen-bond donors (Lipinski definition) is 1. The first-order valence-electron chi connectivity index (χ1n) is 7.91. The van der Waals surface area contributed by atoms with Crippen molar-refractivity contribution in [3.63, 3.8) is 0 Å². The third kappa shape index (κ3) is 4.81. The van der Waals surface area contributed by atoms with Gasteiger partial charge in [-0.25, -0.2) is 0 Å². The van der Waals surface area contributed by atoms with Crippen LogP contribution in [0.1, 0.15) is 38.7 Å². The van der Waals surface area contributed by atoms with Crippen molar-refractivity contribution in [2.24, 2.45) is 11.8 Å². The van der Waals surface area contributed by atoms with Gasteiger partial charge in [-0.2, -0.15) is 0 Å². The molecule has 21 heavy (non-hydrogen) atoms. The molecule has 1 aromatic rings.